The molecule has 0 fully saturated rings. The first-order valence-electron chi connectivity index (χ1n) is 0. The molecular formula is H7ClCrKO3+. The largest absolute Gasteiger partial charge is 1.00 e. The molecule has 38 valence electrons. The van der Waals surface area contributed by atoms with E-state index in [4.69, 9.17) is 0 Å². The average molecular weight is 182 g/mol. The zero-order valence-electron chi connectivity index (χ0n) is 3.32. The summed E-state index contributed by atoms with van der Waals surface area (Å²) >= 11 is 0. The molecule has 0 bridgehead atoms. The number of rotatable bonds is 0. The van der Waals surface area contributed by atoms with Gasteiger partial charge in [0.15, 0.2) is 0 Å². The van der Waals surface area contributed by atoms with Crippen LogP contribution < -0.4 is 51.4 Å². The van der Waals surface area contributed by atoms with E-state index >= 15 is 0 Å². The summed E-state index contributed by atoms with van der Waals surface area (Å²) in [6.07, 6.45) is 0. The second-order valence-electron chi connectivity index (χ2n) is 0. The van der Waals surface area contributed by atoms with Gasteiger partial charge in [0.2, 0.25) is 0 Å². The molecule has 0 aromatic rings. The van der Waals surface area contributed by atoms with Gasteiger partial charge >= 0.3 is 51.4 Å². The second-order valence-corrected chi connectivity index (χ2v) is 0. The van der Waals surface area contributed by atoms with E-state index in [-0.39, 0.29) is 97.6 Å². The van der Waals surface area contributed by atoms with Crippen LogP contribution in [0, 0.1) is 0 Å². The van der Waals surface area contributed by atoms with Gasteiger partial charge in [-0.2, -0.15) is 0 Å². The Kier molecular flexibility index (Phi) is 738. The van der Waals surface area contributed by atoms with E-state index in [0.717, 1.165) is 0 Å². The van der Waals surface area contributed by atoms with Gasteiger partial charge in [-0.05, 0) is 0 Å². The molecular weight excluding hydrogens is 175 g/mol. The third-order valence-electron chi connectivity index (χ3n) is 0. The minimum absolute atomic E-state index is 0. The molecule has 0 radical (unpaired) electrons. The van der Waals surface area contributed by atoms with Crippen molar-refractivity contribution in [3.8, 4) is 0 Å². The summed E-state index contributed by atoms with van der Waals surface area (Å²) in [7, 11) is 0. The fourth-order valence-corrected chi connectivity index (χ4v) is 0. The zero-order valence-corrected chi connectivity index (χ0v) is 8.53. The fraction of sp³-hybridized carbons (Fsp3) is 0. The fourth-order valence-electron chi connectivity index (χ4n) is 0. The van der Waals surface area contributed by atoms with Crippen LogP contribution in [0.1, 0.15) is 0 Å². The summed E-state index contributed by atoms with van der Waals surface area (Å²) in [5, 5.41) is 0. The standard InChI is InChI=1S/ClH.Cr.K.3H2O/h1H;;;3*1H2/q;;+1;;;. The Balaban J connectivity index is 0. The molecule has 0 saturated carbocycles. The molecule has 3 nitrogen and oxygen atoms in total. The van der Waals surface area contributed by atoms with E-state index in [0.29, 0.717) is 0 Å². The predicted molar refractivity (Wildman–Crippen MR) is 18.1 cm³/mol. The van der Waals surface area contributed by atoms with Gasteiger partial charge in [0.05, 0.1) is 0 Å². The molecule has 0 atom stereocenters. The molecule has 0 aliphatic carbocycles. The van der Waals surface area contributed by atoms with Gasteiger partial charge in [0, 0.05) is 17.4 Å². The van der Waals surface area contributed by atoms with Gasteiger partial charge in [0.1, 0.15) is 0 Å². The van der Waals surface area contributed by atoms with Crippen molar-refractivity contribution in [3.63, 3.8) is 0 Å². The SMILES string of the molecule is Cl.O.O.O.[Cr].[K+]. The molecule has 6 heavy (non-hydrogen) atoms. The normalized spacial score (nSPS) is 0. The molecule has 0 aromatic carbocycles. The smallest absolute Gasteiger partial charge is 0.412 e. The van der Waals surface area contributed by atoms with E-state index in [2.05, 4.69) is 0 Å². The first kappa shape index (κ1) is 82.1. The summed E-state index contributed by atoms with van der Waals surface area (Å²) in [5.41, 5.74) is 0. The van der Waals surface area contributed by atoms with Crippen molar-refractivity contribution < 1.29 is 85.2 Å². The molecule has 0 aliphatic rings. The van der Waals surface area contributed by atoms with E-state index in [1.54, 1.807) is 0 Å². The van der Waals surface area contributed by atoms with Crippen LogP contribution in [0.4, 0.5) is 0 Å². The third kappa shape index (κ3) is 33.0. The minimum atomic E-state index is 0. The van der Waals surface area contributed by atoms with Crippen LogP contribution in [0.5, 0.6) is 0 Å². The topological polar surface area (TPSA) is 94.5 Å². The van der Waals surface area contributed by atoms with E-state index in [1.165, 1.54) is 0 Å². The Hall–Kier alpha value is 2.34. The first-order chi connectivity index (χ1) is 0. The molecule has 0 unspecified atom stereocenters. The predicted octanol–water partition coefficient (Wildman–Crippen LogP) is -5.05. The van der Waals surface area contributed by atoms with E-state index in [1.807, 2.05) is 0 Å². The summed E-state index contributed by atoms with van der Waals surface area (Å²) in [6.45, 7) is 0. The Morgan fingerprint density at radius 1 is 0.667 bits per heavy atom. The van der Waals surface area contributed by atoms with Gasteiger partial charge < -0.3 is 16.4 Å². The van der Waals surface area contributed by atoms with Crippen molar-refractivity contribution >= 4 is 12.4 Å². The molecule has 0 heterocycles. The van der Waals surface area contributed by atoms with Crippen LogP contribution in [-0.4, -0.2) is 16.4 Å². The van der Waals surface area contributed by atoms with E-state index < -0.39 is 0 Å². The summed E-state index contributed by atoms with van der Waals surface area (Å²) in [4.78, 5) is 0. The minimum Gasteiger partial charge on any atom is -0.412 e. The first-order valence-corrected chi connectivity index (χ1v) is 0. The van der Waals surface area contributed by atoms with Crippen molar-refractivity contribution in [2.75, 3.05) is 0 Å². The molecule has 0 saturated heterocycles. The van der Waals surface area contributed by atoms with Crippen LogP contribution >= 0.6 is 12.4 Å². The van der Waals surface area contributed by atoms with Crippen molar-refractivity contribution in [1.82, 2.24) is 0 Å². The molecule has 0 amide bonds. The Bertz CT molecular complexity index is 10.8. The Morgan fingerprint density at radius 2 is 0.667 bits per heavy atom. The van der Waals surface area contributed by atoms with Gasteiger partial charge in [-0.3, -0.25) is 0 Å². The second kappa shape index (κ2) is 53.9. The van der Waals surface area contributed by atoms with Gasteiger partial charge in [-0.1, -0.05) is 0 Å². The van der Waals surface area contributed by atoms with E-state index in [9.17, 15) is 0 Å². The van der Waals surface area contributed by atoms with Crippen molar-refractivity contribution in [2.24, 2.45) is 0 Å². The molecule has 0 aromatic heterocycles. The van der Waals surface area contributed by atoms with Gasteiger partial charge in [-0.25, -0.2) is 0 Å². The molecule has 0 aliphatic heterocycles. The maximum absolute atomic E-state index is 0. The van der Waals surface area contributed by atoms with Gasteiger partial charge in [-0.15, -0.1) is 12.4 Å². The number of hydrogen-bond acceptors (Lipinski definition) is 0. The van der Waals surface area contributed by atoms with Crippen LogP contribution in [0.25, 0.3) is 0 Å². The third-order valence-corrected chi connectivity index (χ3v) is 0. The average Bonchev–Trinajstić information content (AvgIpc) is 0. The zero-order chi connectivity index (χ0) is 0. The number of hydrogen-bond donors (Lipinski definition) is 0. The maximum atomic E-state index is 0. The van der Waals surface area contributed by atoms with Crippen molar-refractivity contribution in [2.45, 2.75) is 0 Å². The summed E-state index contributed by atoms with van der Waals surface area (Å²) in [5.74, 6) is 0. The number of halogens is 1. The molecule has 6 heteroatoms. The Labute approximate surface area is 95.8 Å². The van der Waals surface area contributed by atoms with Crippen LogP contribution in [0.2, 0.25) is 0 Å². The molecule has 6 N–H and O–H groups in total. The quantitative estimate of drug-likeness (QED) is 0.335. The van der Waals surface area contributed by atoms with Crippen LogP contribution in [0.3, 0.4) is 0 Å². The summed E-state index contributed by atoms with van der Waals surface area (Å²) < 4.78 is 0. The van der Waals surface area contributed by atoms with Crippen molar-refractivity contribution in [3.05, 3.63) is 0 Å². The van der Waals surface area contributed by atoms with Crippen molar-refractivity contribution in [1.29, 1.82) is 0 Å². The van der Waals surface area contributed by atoms with Crippen LogP contribution in [0.15, 0.2) is 0 Å². The van der Waals surface area contributed by atoms with Crippen LogP contribution in [-0.2, 0) is 17.4 Å². The maximum Gasteiger partial charge on any atom is 1.00 e. The monoisotopic (exact) mass is 181 g/mol. The summed E-state index contributed by atoms with van der Waals surface area (Å²) in [6, 6.07) is 0. The molecule has 0 rings (SSSR count). The Morgan fingerprint density at radius 3 is 0.667 bits per heavy atom. The molecule has 0 spiro atoms. The van der Waals surface area contributed by atoms with Gasteiger partial charge in [0.25, 0.3) is 0 Å².